The van der Waals surface area contributed by atoms with Crippen LogP contribution < -0.4 is 5.56 Å². The van der Waals surface area contributed by atoms with E-state index in [9.17, 15) is 9.59 Å². The van der Waals surface area contributed by atoms with Gasteiger partial charge in [-0.25, -0.2) is 4.68 Å². The third-order valence-electron chi connectivity index (χ3n) is 4.24. The highest BCUT2D eigenvalue weighted by molar-refractivity contribution is 5.92. The Bertz CT molecular complexity index is 788. The van der Waals surface area contributed by atoms with Gasteiger partial charge in [0.15, 0.2) is 0 Å². The maximum atomic E-state index is 12.9. The SMILES string of the molecule is CCCn1nc(C(=O)N2C[C@@H](c3ccccc3)O[C@@H](C)C2)ccc1=O. The van der Waals surface area contributed by atoms with Gasteiger partial charge < -0.3 is 9.64 Å². The van der Waals surface area contributed by atoms with Gasteiger partial charge in [-0.15, -0.1) is 0 Å². The van der Waals surface area contributed by atoms with Crippen LogP contribution in [0.15, 0.2) is 47.3 Å². The van der Waals surface area contributed by atoms with E-state index in [4.69, 9.17) is 4.74 Å². The Kier molecular flexibility index (Phi) is 5.28. The zero-order valence-electron chi connectivity index (χ0n) is 14.6. The molecule has 0 radical (unpaired) electrons. The molecule has 2 aromatic rings. The quantitative estimate of drug-likeness (QED) is 0.856. The molecule has 132 valence electrons. The third-order valence-corrected chi connectivity index (χ3v) is 4.24. The molecule has 0 spiro atoms. The lowest BCUT2D eigenvalue weighted by molar-refractivity contribution is -0.0693. The molecule has 6 heteroatoms. The van der Waals surface area contributed by atoms with E-state index in [0.29, 0.717) is 25.3 Å². The fourth-order valence-corrected chi connectivity index (χ4v) is 3.07. The molecular formula is C19H23N3O3. The maximum Gasteiger partial charge on any atom is 0.274 e. The molecule has 0 aliphatic carbocycles. The van der Waals surface area contributed by atoms with Crippen LogP contribution >= 0.6 is 0 Å². The molecule has 6 nitrogen and oxygen atoms in total. The van der Waals surface area contributed by atoms with Crippen molar-refractivity contribution in [3.05, 3.63) is 64.1 Å². The lowest BCUT2D eigenvalue weighted by atomic mass is 10.1. The fraction of sp³-hybridized carbons (Fsp3) is 0.421. The molecule has 1 saturated heterocycles. The summed E-state index contributed by atoms with van der Waals surface area (Å²) in [7, 11) is 0. The largest absolute Gasteiger partial charge is 0.367 e. The topological polar surface area (TPSA) is 64.4 Å². The Morgan fingerprint density at radius 3 is 2.68 bits per heavy atom. The van der Waals surface area contributed by atoms with Gasteiger partial charge in [-0.1, -0.05) is 37.3 Å². The highest BCUT2D eigenvalue weighted by atomic mass is 16.5. The second kappa shape index (κ2) is 7.61. The normalized spacial score (nSPS) is 20.5. The lowest BCUT2D eigenvalue weighted by Gasteiger charge is -2.36. The summed E-state index contributed by atoms with van der Waals surface area (Å²) >= 11 is 0. The summed E-state index contributed by atoms with van der Waals surface area (Å²) in [5, 5.41) is 4.23. The number of hydrogen-bond acceptors (Lipinski definition) is 4. The molecule has 1 aromatic heterocycles. The van der Waals surface area contributed by atoms with Crippen LogP contribution in [-0.2, 0) is 11.3 Å². The number of ether oxygens (including phenoxy) is 1. The smallest absolute Gasteiger partial charge is 0.274 e. The average Bonchev–Trinajstić information content (AvgIpc) is 2.63. The highest BCUT2D eigenvalue weighted by Crippen LogP contribution is 2.25. The molecule has 1 amide bonds. The molecule has 1 aliphatic heterocycles. The molecule has 1 aromatic carbocycles. The summed E-state index contributed by atoms with van der Waals surface area (Å²) in [6.07, 6.45) is 0.565. The minimum absolute atomic E-state index is 0.0653. The van der Waals surface area contributed by atoms with Gasteiger partial charge in [0.05, 0.1) is 12.6 Å². The predicted molar refractivity (Wildman–Crippen MR) is 94.4 cm³/mol. The van der Waals surface area contributed by atoms with Gasteiger partial charge in [0.1, 0.15) is 11.8 Å². The van der Waals surface area contributed by atoms with E-state index in [-0.39, 0.29) is 23.7 Å². The average molecular weight is 341 g/mol. The van der Waals surface area contributed by atoms with Crippen molar-refractivity contribution in [2.24, 2.45) is 0 Å². The van der Waals surface area contributed by atoms with Gasteiger partial charge in [-0.05, 0) is 25.0 Å². The van der Waals surface area contributed by atoms with Gasteiger partial charge in [-0.2, -0.15) is 5.10 Å². The lowest BCUT2D eigenvalue weighted by Crippen LogP contribution is -2.46. The summed E-state index contributed by atoms with van der Waals surface area (Å²) in [5.74, 6) is -0.166. The van der Waals surface area contributed by atoms with Crippen LogP contribution in [0.3, 0.4) is 0 Å². The van der Waals surface area contributed by atoms with E-state index in [1.165, 1.54) is 16.8 Å². The Balaban J connectivity index is 1.81. The van der Waals surface area contributed by atoms with E-state index < -0.39 is 0 Å². The number of amides is 1. The van der Waals surface area contributed by atoms with Gasteiger partial charge in [-0.3, -0.25) is 9.59 Å². The Morgan fingerprint density at radius 1 is 1.20 bits per heavy atom. The van der Waals surface area contributed by atoms with Crippen LogP contribution in [0.2, 0.25) is 0 Å². The van der Waals surface area contributed by atoms with Gasteiger partial charge >= 0.3 is 0 Å². The van der Waals surface area contributed by atoms with Crippen LogP contribution in [0.1, 0.15) is 42.4 Å². The number of carbonyl (C=O) groups excluding carboxylic acids is 1. The van der Waals surface area contributed by atoms with Crippen LogP contribution in [0.5, 0.6) is 0 Å². The zero-order chi connectivity index (χ0) is 17.8. The van der Waals surface area contributed by atoms with Crippen molar-refractivity contribution < 1.29 is 9.53 Å². The molecule has 1 aliphatic rings. The Morgan fingerprint density at radius 2 is 1.96 bits per heavy atom. The number of aryl methyl sites for hydroxylation is 1. The Labute approximate surface area is 147 Å². The van der Waals surface area contributed by atoms with Crippen molar-refractivity contribution in [2.45, 2.75) is 39.0 Å². The summed E-state index contributed by atoms with van der Waals surface area (Å²) in [4.78, 5) is 26.4. The molecule has 0 unspecified atom stereocenters. The van der Waals surface area contributed by atoms with Crippen molar-refractivity contribution in [1.29, 1.82) is 0 Å². The van der Waals surface area contributed by atoms with E-state index >= 15 is 0 Å². The van der Waals surface area contributed by atoms with E-state index in [2.05, 4.69) is 5.10 Å². The minimum atomic E-state index is -0.184. The van der Waals surface area contributed by atoms with Crippen molar-refractivity contribution in [2.75, 3.05) is 13.1 Å². The van der Waals surface area contributed by atoms with E-state index in [0.717, 1.165) is 12.0 Å². The van der Waals surface area contributed by atoms with E-state index in [1.54, 1.807) is 4.90 Å². The van der Waals surface area contributed by atoms with Crippen LogP contribution in [0.4, 0.5) is 0 Å². The molecule has 2 atom stereocenters. The fourth-order valence-electron chi connectivity index (χ4n) is 3.07. The summed E-state index contributed by atoms with van der Waals surface area (Å²) in [6.45, 7) is 5.42. The van der Waals surface area contributed by atoms with Gasteiger partial charge in [0, 0.05) is 19.2 Å². The molecular weight excluding hydrogens is 318 g/mol. The summed E-state index contributed by atoms with van der Waals surface area (Å²) in [5.41, 5.74) is 1.17. The third kappa shape index (κ3) is 3.96. The number of hydrogen-bond donors (Lipinski definition) is 0. The standard InChI is InChI=1S/C19H23N3O3/c1-3-11-22-18(23)10-9-16(20-22)19(24)21-12-14(2)25-17(13-21)15-7-5-4-6-8-15/h4-10,14,17H,3,11-13H2,1-2H3/t14-,17-/m0/s1. The first-order valence-electron chi connectivity index (χ1n) is 8.66. The Hall–Kier alpha value is -2.47. The molecule has 25 heavy (non-hydrogen) atoms. The van der Waals surface area contributed by atoms with Crippen LogP contribution in [0, 0.1) is 0 Å². The summed E-state index contributed by atoms with van der Waals surface area (Å²) < 4.78 is 7.35. The minimum Gasteiger partial charge on any atom is -0.367 e. The number of morpholine rings is 1. The molecule has 0 saturated carbocycles. The molecule has 3 rings (SSSR count). The van der Waals surface area contributed by atoms with Crippen LogP contribution in [0.25, 0.3) is 0 Å². The number of carbonyl (C=O) groups is 1. The van der Waals surface area contributed by atoms with Crippen molar-refractivity contribution >= 4 is 5.91 Å². The number of rotatable bonds is 4. The first-order valence-corrected chi connectivity index (χ1v) is 8.66. The molecule has 2 heterocycles. The zero-order valence-corrected chi connectivity index (χ0v) is 14.6. The molecule has 0 bridgehead atoms. The number of nitrogens with zero attached hydrogens (tertiary/aromatic N) is 3. The maximum absolute atomic E-state index is 12.9. The first-order chi connectivity index (χ1) is 12.1. The second-order valence-electron chi connectivity index (χ2n) is 6.34. The van der Waals surface area contributed by atoms with Crippen molar-refractivity contribution in [3.8, 4) is 0 Å². The number of benzene rings is 1. The summed E-state index contributed by atoms with van der Waals surface area (Å²) in [6, 6.07) is 12.8. The first kappa shape index (κ1) is 17.4. The molecule has 0 N–H and O–H groups in total. The predicted octanol–water partition coefficient (Wildman–Crippen LogP) is 2.26. The highest BCUT2D eigenvalue weighted by Gasteiger charge is 2.30. The van der Waals surface area contributed by atoms with Crippen molar-refractivity contribution in [3.63, 3.8) is 0 Å². The van der Waals surface area contributed by atoms with E-state index in [1.807, 2.05) is 44.2 Å². The monoisotopic (exact) mass is 341 g/mol. The van der Waals surface area contributed by atoms with Gasteiger partial charge in [0.25, 0.3) is 11.5 Å². The van der Waals surface area contributed by atoms with Crippen molar-refractivity contribution in [1.82, 2.24) is 14.7 Å². The second-order valence-corrected chi connectivity index (χ2v) is 6.34. The number of aromatic nitrogens is 2. The van der Waals surface area contributed by atoms with Gasteiger partial charge in [0.2, 0.25) is 0 Å². The van der Waals surface area contributed by atoms with Crippen LogP contribution in [-0.4, -0.2) is 39.8 Å². The molecule has 1 fully saturated rings.